The lowest BCUT2D eigenvalue weighted by Gasteiger charge is -2.28. The van der Waals surface area contributed by atoms with Gasteiger partial charge in [-0.05, 0) is 45.4 Å². The van der Waals surface area contributed by atoms with Crippen LogP contribution >= 0.6 is 0 Å². The van der Waals surface area contributed by atoms with Crippen molar-refractivity contribution in [3.8, 4) is 0 Å². The molecule has 1 aliphatic rings. The maximum absolute atomic E-state index is 11.9. The molecule has 1 atom stereocenters. The highest BCUT2D eigenvalue weighted by Gasteiger charge is 2.20. The number of nitrogens with zero attached hydrogens (tertiary/aromatic N) is 1. The number of piperazine rings is 1. The Bertz CT molecular complexity index is 563. The molecule has 1 aromatic carbocycles. The molecule has 2 N–H and O–H groups in total. The van der Waals surface area contributed by atoms with Crippen molar-refractivity contribution in [2.24, 2.45) is 0 Å². The summed E-state index contributed by atoms with van der Waals surface area (Å²) in [6.07, 6.45) is -0.439. The van der Waals surface area contributed by atoms with Gasteiger partial charge in [0, 0.05) is 18.8 Å². The fraction of sp³-hybridized carbons (Fsp3) is 0.529. The van der Waals surface area contributed by atoms with E-state index >= 15 is 0 Å². The van der Waals surface area contributed by atoms with Crippen molar-refractivity contribution in [2.75, 3.05) is 24.5 Å². The van der Waals surface area contributed by atoms with Gasteiger partial charge in [-0.25, -0.2) is 4.79 Å². The predicted octanol–water partition coefficient (Wildman–Crippen LogP) is 2.21. The number of amides is 2. The maximum Gasteiger partial charge on any atom is 0.408 e. The van der Waals surface area contributed by atoms with Gasteiger partial charge in [-0.15, -0.1) is 0 Å². The van der Waals surface area contributed by atoms with E-state index in [1.165, 1.54) is 0 Å². The van der Waals surface area contributed by atoms with Gasteiger partial charge >= 0.3 is 6.09 Å². The quantitative estimate of drug-likeness (QED) is 0.896. The van der Waals surface area contributed by atoms with Crippen LogP contribution in [0.15, 0.2) is 24.3 Å². The molecule has 0 saturated carbocycles. The fourth-order valence-electron chi connectivity index (χ4n) is 2.39. The zero-order valence-corrected chi connectivity index (χ0v) is 14.2. The van der Waals surface area contributed by atoms with Crippen LogP contribution < -0.4 is 15.5 Å². The molecule has 2 amide bonds. The average Bonchev–Trinajstić information content (AvgIpc) is 2.46. The highest BCUT2D eigenvalue weighted by atomic mass is 16.6. The Morgan fingerprint density at radius 1 is 1.30 bits per heavy atom. The maximum atomic E-state index is 11.9. The van der Waals surface area contributed by atoms with Crippen LogP contribution in [0.25, 0.3) is 0 Å². The van der Waals surface area contributed by atoms with Crippen LogP contribution in [0.3, 0.4) is 0 Å². The molecule has 1 aromatic rings. The Labute approximate surface area is 137 Å². The summed E-state index contributed by atoms with van der Waals surface area (Å²) in [5, 5.41) is 5.86. The van der Waals surface area contributed by atoms with Crippen molar-refractivity contribution in [1.82, 2.24) is 10.6 Å². The number of benzene rings is 1. The van der Waals surface area contributed by atoms with Crippen molar-refractivity contribution >= 4 is 17.7 Å². The molecule has 6 nitrogen and oxygen atoms in total. The second-order valence-electron chi connectivity index (χ2n) is 6.68. The molecule has 23 heavy (non-hydrogen) atoms. The summed E-state index contributed by atoms with van der Waals surface area (Å²) in [4.78, 5) is 25.5. The van der Waals surface area contributed by atoms with Gasteiger partial charge in [0.05, 0.1) is 12.6 Å². The number of ether oxygens (including phenoxy) is 1. The molecule has 0 radical (unpaired) electrons. The van der Waals surface area contributed by atoms with E-state index in [0.29, 0.717) is 13.1 Å². The molecule has 2 rings (SSSR count). The third kappa shape index (κ3) is 4.96. The van der Waals surface area contributed by atoms with E-state index < -0.39 is 11.7 Å². The lowest BCUT2D eigenvalue weighted by atomic mass is 10.1. The third-order valence-electron chi connectivity index (χ3n) is 3.53. The number of carbonyl (C=O) groups excluding carboxylic acids is 2. The molecule has 0 aliphatic carbocycles. The molecule has 0 bridgehead atoms. The Kier molecular flexibility index (Phi) is 5.26. The van der Waals surface area contributed by atoms with E-state index in [1.54, 1.807) is 4.90 Å². The van der Waals surface area contributed by atoms with Gasteiger partial charge in [0.1, 0.15) is 5.60 Å². The van der Waals surface area contributed by atoms with Gasteiger partial charge in [-0.3, -0.25) is 4.79 Å². The molecule has 6 heteroatoms. The minimum Gasteiger partial charge on any atom is -0.444 e. The van der Waals surface area contributed by atoms with Crippen molar-refractivity contribution in [3.63, 3.8) is 0 Å². The second-order valence-corrected chi connectivity index (χ2v) is 6.68. The molecule has 1 heterocycles. The van der Waals surface area contributed by atoms with Crippen molar-refractivity contribution in [2.45, 2.75) is 39.3 Å². The number of alkyl carbamates (subject to hydrolysis) is 1. The first-order chi connectivity index (χ1) is 10.8. The van der Waals surface area contributed by atoms with E-state index in [-0.39, 0.29) is 11.9 Å². The van der Waals surface area contributed by atoms with Crippen LogP contribution in [0.5, 0.6) is 0 Å². The number of nitrogens with one attached hydrogen (secondary N) is 2. The molecule has 0 spiro atoms. The zero-order chi connectivity index (χ0) is 17.0. The van der Waals surface area contributed by atoms with Gasteiger partial charge in [0.2, 0.25) is 5.91 Å². The van der Waals surface area contributed by atoms with Crippen LogP contribution in [0.4, 0.5) is 10.5 Å². The molecule has 0 aromatic heterocycles. The smallest absolute Gasteiger partial charge is 0.408 e. The highest BCUT2D eigenvalue weighted by molar-refractivity contribution is 5.95. The predicted molar refractivity (Wildman–Crippen MR) is 89.4 cm³/mol. The summed E-state index contributed by atoms with van der Waals surface area (Å²) in [6, 6.07) is 7.49. The standard InChI is InChI=1S/C17H25N3O3/c1-12(19-16(22)23-17(2,3)4)13-5-7-14(8-6-13)20-10-9-18-11-15(20)21/h5-8,12,18H,9-11H2,1-4H3,(H,19,22)/t12-/m0/s1. The molecular formula is C17H25N3O3. The monoisotopic (exact) mass is 319 g/mol. The number of rotatable bonds is 3. The summed E-state index contributed by atoms with van der Waals surface area (Å²) < 4.78 is 5.25. The van der Waals surface area contributed by atoms with E-state index in [0.717, 1.165) is 17.8 Å². The Balaban J connectivity index is 1.98. The van der Waals surface area contributed by atoms with Crippen LogP contribution in [-0.2, 0) is 9.53 Å². The normalized spacial score (nSPS) is 16.9. The number of hydrogen-bond acceptors (Lipinski definition) is 4. The van der Waals surface area contributed by atoms with Crippen LogP contribution in [-0.4, -0.2) is 37.2 Å². The first-order valence-corrected chi connectivity index (χ1v) is 7.87. The topological polar surface area (TPSA) is 70.7 Å². The fourth-order valence-corrected chi connectivity index (χ4v) is 2.39. The van der Waals surface area contributed by atoms with Crippen LogP contribution in [0, 0.1) is 0 Å². The summed E-state index contributed by atoms with van der Waals surface area (Å²) >= 11 is 0. The molecule has 0 unspecified atom stereocenters. The lowest BCUT2D eigenvalue weighted by molar-refractivity contribution is -0.118. The third-order valence-corrected chi connectivity index (χ3v) is 3.53. The Morgan fingerprint density at radius 3 is 2.52 bits per heavy atom. The van der Waals surface area contributed by atoms with Gasteiger partial charge in [0.25, 0.3) is 0 Å². The largest absolute Gasteiger partial charge is 0.444 e. The SMILES string of the molecule is C[C@H](NC(=O)OC(C)(C)C)c1ccc(N2CCNCC2=O)cc1. The number of carbonyl (C=O) groups is 2. The second kappa shape index (κ2) is 7.00. The van der Waals surface area contributed by atoms with Crippen LogP contribution in [0.1, 0.15) is 39.3 Å². The summed E-state index contributed by atoms with van der Waals surface area (Å²) in [5.41, 5.74) is 1.32. The van der Waals surface area contributed by atoms with Gasteiger partial charge in [-0.1, -0.05) is 12.1 Å². The molecule has 1 saturated heterocycles. The van der Waals surface area contributed by atoms with Gasteiger partial charge in [0.15, 0.2) is 0 Å². The molecule has 1 aliphatic heterocycles. The Morgan fingerprint density at radius 2 is 1.96 bits per heavy atom. The van der Waals surface area contributed by atoms with Crippen molar-refractivity contribution < 1.29 is 14.3 Å². The van der Waals surface area contributed by atoms with Gasteiger partial charge < -0.3 is 20.3 Å². The van der Waals surface area contributed by atoms with E-state index in [9.17, 15) is 9.59 Å². The van der Waals surface area contributed by atoms with E-state index in [1.807, 2.05) is 52.0 Å². The summed E-state index contributed by atoms with van der Waals surface area (Å²) in [5.74, 6) is 0.0731. The summed E-state index contributed by atoms with van der Waals surface area (Å²) in [7, 11) is 0. The number of hydrogen-bond donors (Lipinski definition) is 2. The number of anilines is 1. The minimum absolute atomic E-state index is 0.0731. The molecule has 126 valence electrons. The minimum atomic E-state index is -0.518. The van der Waals surface area contributed by atoms with Crippen LogP contribution in [0.2, 0.25) is 0 Å². The van der Waals surface area contributed by atoms with E-state index in [4.69, 9.17) is 4.74 Å². The Hall–Kier alpha value is -2.08. The first-order valence-electron chi connectivity index (χ1n) is 7.87. The molecule has 1 fully saturated rings. The lowest BCUT2D eigenvalue weighted by Crippen LogP contribution is -2.48. The van der Waals surface area contributed by atoms with E-state index in [2.05, 4.69) is 10.6 Å². The zero-order valence-electron chi connectivity index (χ0n) is 14.2. The first kappa shape index (κ1) is 17.3. The average molecular weight is 319 g/mol. The molecular weight excluding hydrogens is 294 g/mol. The van der Waals surface area contributed by atoms with Gasteiger partial charge in [-0.2, -0.15) is 0 Å². The van der Waals surface area contributed by atoms with Crippen molar-refractivity contribution in [1.29, 1.82) is 0 Å². The van der Waals surface area contributed by atoms with Crippen molar-refractivity contribution in [3.05, 3.63) is 29.8 Å². The highest BCUT2D eigenvalue weighted by Crippen LogP contribution is 2.20. The summed E-state index contributed by atoms with van der Waals surface area (Å²) in [6.45, 7) is 9.23.